The molecule has 4 heteroatoms. The maximum Gasteiger partial charge on any atom is 0.259 e. The number of nitrogens with zero attached hydrogens (tertiary/aromatic N) is 1. The quantitative estimate of drug-likeness (QED) is 0.788. The third-order valence-electron chi connectivity index (χ3n) is 4.30. The Kier molecular flexibility index (Phi) is 3.83. The molecule has 0 atom stereocenters. The van der Waals surface area contributed by atoms with Gasteiger partial charge in [-0.05, 0) is 36.8 Å². The van der Waals surface area contributed by atoms with Gasteiger partial charge in [-0.25, -0.2) is 4.98 Å². The summed E-state index contributed by atoms with van der Waals surface area (Å²) in [7, 11) is 0. The first-order chi connectivity index (χ1) is 11.3. The Morgan fingerprint density at radius 3 is 2.87 bits per heavy atom. The van der Waals surface area contributed by atoms with Crippen LogP contribution in [0.1, 0.15) is 34.7 Å². The highest BCUT2D eigenvalue weighted by molar-refractivity contribution is 7.18. The van der Waals surface area contributed by atoms with Gasteiger partial charge in [-0.3, -0.25) is 4.79 Å². The molecule has 0 unspecified atom stereocenters. The minimum Gasteiger partial charge on any atom is -0.310 e. The molecule has 0 saturated carbocycles. The van der Waals surface area contributed by atoms with Gasteiger partial charge in [-0.2, -0.15) is 0 Å². The van der Waals surface area contributed by atoms with E-state index in [1.807, 2.05) is 24.3 Å². The summed E-state index contributed by atoms with van der Waals surface area (Å²) in [6.07, 6.45) is 9.27. The third-order valence-corrected chi connectivity index (χ3v) is 5.48. The lowest BCUT2D eigenvalue weighted by molar-refractivity contribution is 0.700. The molecule has 0 amide bonds. The number of fused-ring (bicyclic) bond motifs is 3. The van der Waals surface area contributed by atoms with E-state index in [2.05, 4.69) is 28.2 Å². The summed E-state index contributed by atoms with van der Waals surface area (Å²) in [6.45, 7) is 0. The first-order valence-electron chi connectivity index (χ1n) is 8.06. The smallest absolute Gasteiger partial charge is 0.259 e. The Bertz CT molecular complexity index is 922. The van der Waals surface area contributed by atoms with Crippen LogP contribution in [0.3, 0.4) is 0 Å². The van der Waals surface area contributed by atoms with E-state index in [-0.39, 0.29) is 5.56 Å². The molecule has 1 aliphatic rings. The lowest BCUT2D eigenvalue weighted by Gasteiger charge is -2.09. The van der Waals surface area contributed by atoms with Crippen molar-refractivity contribution in [2.24, 2.45) is 0 Å². The second-order valence-corrected chi connectivity index (χ2v) is 7.00. The van der Waals surface area contributed by atoms with Crippen LogP contribution in [0.2, 0.25) is 0 Å². The molecule has 2 aromatic heterocycles. The molecular formula is C19H18N2OS. The Labute approximate surface area is 138 Å². The standard InChI is InChI=1S/C19H18N2OS/c22-18-17-14-10-4-5-11-15(14)23-19(17)21-16(20-18)12-6-9-13-7-2-1-3-8-13/h1-3,6-9H,4-5,10-12H2,(H,20,21,22). The van der Waals surface area contributed by atoms with Crippen LogP contribution in [0.25, 0.3) is 16.3 Å². The van der Waals surface area contributed by atoms with Crippen molar-refractivity contribution in [3.05, 3.63) is 68.6 Å². The summed E-state index contributed by atoms with van der Waals surface area (Å²) in [5, 5.41) is 0.834. The van der Waals surface area contributed by atoms with Crippen LogP contribution in [-0.2, 0) is 19.3 Å². The number of nitrogens with one attached hydrogen (secondary N) is 1. The van der Waals surface area contributed by atoms with E-state index in [0.29, 0.717) is 6.42 Å². The zero-order chi connectivity index (χ0) is 15.6. The van der Waals surface area contributed by atoms with Crippen molar-refractivity contribution in [3.8, 4) is 0 Å². The number of aromatic nitrogens is 2. The Morgan fingerprint density at radius 1 is 1.17 bits per heavy atom. The number of aryl methyl sites for hydroxylation is 2. The van der Waals surface area contributed by atoms with E-state index < -0.39 is 0 Å². The lowest BCUT2D eigenvalue weighted by atomic mass is 9.97. The van der Waals surface area contributed by atoms with Crippen molar-refractivity contribution in [1.29, 1.82) is 0 Å². The van der Waals surface area contributed by atoms with Crippen molar-refractivity contribution in [2.75, 3.05) is 0 Å². The van der Waals surface area contributed by atoms with Crippen LogP contribution in [-0.4, -0.2) is 9.97 Å². The van der Waals surface area contributed by atoms with Crippen LogP contribution in [0, 0.1) is 0 Å². The van der Waals surface area contributed by atoms with Gasteiger partial charge in [-0.15, -0.1) is 11.3 Å². The molecule has 0 radical (unpaired) electrons. The van der Waals surface area contributed by atoms with E-state index in [1.54, 1.807) is 11.3 Å². The van der Waals surface area contributed by atoms with Gasteiger partial charge in [0.05, 0.1) is 5.39 Å². The molecule has 4 rings (SSSR count). The number of H-pyrrole nitrogens is 1. The van der Waals surface area contributed by atoms with E-state index in [9.17, 15) is 4.79 Å². The van der Waals surface area contributed by atoms with Gasteiger partial charge in [0.2, 0.25) is 0 Å². The molecule has 0 saturated heterocycles. The van der Waals surface area contributed by atoms with Crippen molar-refractivity contribution in [1.82, 2.24) is 9.97 Å². The van der Waals surface area contributed by atoms with Crippen molar-refractivity contribution in [3.63, 3.8) is 0 Å². The zero-order valence-corrected chi connectivity index (χ0v) is 13.7. The molecule has 3 aromatic rings. The predicted molar refractivity (Wildman–Crippen MR) is 96.1 cm³/mol. The SMILES string of the molecule is O=c1[nH]c(CC=Cc2ccccc2)nc2sc3c(c12)CCCC3. The molecular weight excluding hydrogens is 304 g/mol. The van der Waals surface area contributed by atoms with Crippen molar-refractivity contribution < 1.29 is 0 Å². The summed E-state index contributed by atoms with van der Waals surface area (Å²) in [5.41, 5.74) is 2.43. The van der Waals surface area contributed by atoms with Gasteiger partial charge in [0, 0.05) is 11.3 Å². The molecule has 1 aliphatic carbocycles. The lowest BCUT2D eigenvalue weighted by Crippen LogP contribution is -2.12. The molecule has 1 aromatic carbocycles. The van der Waals surface area contributed by atoms with Gasteiger partial charge in [0.15, 0.2) is 0 Å². The highest BCUT2D eigenvalue weighted by Crippen LogP contribution is 2.33. The van der Waals surface area contributed by atoms with Crippen molar-refractivity contribution >= 4 is 27.6 Å². The second-order valence-electron chi connectivity index (χ2n) is 5.92. The number of benzene rings is 1. The van der Waals surface area contributed by atoms with Crippen molar-refractivity contribution in [2.45, 2.75) is 32.1 Å². The first kappa shape index (κ1) is 14.4. The molecule has 23 heavy (non-hydrogen) atoms. The van der Waals surface area contributed by atoms with Crippen LogP contribution in [0.4, 0.5) is 0 Å². The van der Waals surface area contributed by atoms with E-state index in [1.165, 1.54) is 23.3 Å². The minimum atomic E-state index is 0.0255. The summed E-state index contributed by atoms with van der Waals surface area (Å²) in [5.74, 6) is 0.744. The van der Waals surface area contributed by atoms with Crippen LogP contribution in [0.15, 0.2) is 41.2 Å². The highest BCUT2D eigenvalue weighted by atomic mass is 32.1. The summed E-state index contributed by atoms with van der Waals surface area (Å²) in [6, 6.07) is 10.2. The third kappa shape index (κ3) is 2.86. The fourth-order valence-corrected chi connectivity index (χ4v) is 4.46. The molecule has 2 heterocycles. The average Bonchev–Trinajstić information content (AvgIpc) is 2.94. The summed E-state index contributed by atoms with van der Waals surface area (Å²) < 4.78 is 0. The highest BCUT2D eigenvalue weighted by Gasteiger charge is 2.19. The normalized spacial score (nSPS) is 14.4. The Balaban J connectivity index is 1.64. The maximum absolute atomic E-state index is 12.5. The minimum absolute atomic E-state index is 0.0255. The Hall–Kier alpha value is -2.20. The van der Waals surface area contributed by atoms with Crippen LogP contribution >= 0.6 is 11.3 Å². The number of thiophene rings is 1. The second kappa shape index (κ2) is 6.13. The van der Waals surface area contributed by atoms with Gasteiger partial charge < -0.3 is 4.98 Å². The molecule has 3 nitrogen and oxygen atoms in total. The van der Waals surface area contributed by atoms with Crippen LogP contribution in [0.5, 0.6) is 0 Å². The fourth-order valence-electron chi connectivity index (χ4n) is 3.18. The van der Waals surface area contributed by atoms with Gasteiger partial charge in [0.1, 0.15) is 10.7 Å². The van der Waals surface area contributed by atoms with Gasteiger partial charge >= 0.3 is 0 Å². The topological polar surface area (TPSA) is 45.8 Å². The number of hydrogen-bond donors (Lipinski definition) is 1. The molecule has 1 N–H and O–H groups in total. The summed E-state index contributed by atoms with van der Waals surface area (Å²) in [4.78, 5) is 22.4. The maximum atomic E-state index is 12.5. The average molecular weight is 322 g/mol. The number of hydrogen-bond acceptors (Lipinski definition) is 3. The largest absolute Gasteiger partial charge is 0.310 e. The van der Waals surface area contributed by atoms with Gasteiger partial charge in [0.25, 0.3) is 5.56 Å². The van der Waals surface area contributed by atoms with E-state index in [4.69, 9.17) is 0 Å². The molecule has 116 valence electrons. The number of rotatable bonds is 3. The fraction of sp³-hybridized carbons (Fsp3) is 0.263. The molecule has 0 spiro atoms. The number of allylic oxidation sites excluding steroid dienone is 1. The molecule has 0 aliphatic heterocycles. The Morgan fingerprint density at radius 2 is 2.00 bits per heavy atom. The number of aromatic amines is 1. The van der Waals surface area contributed by atoms with Crippen LogP contribution < -0.4 is 5.56 Å². The first-order valence-corrected chi connectivity index (χ1v) is 8.88. The predicted octanol–water partition coefficient (Wildman–Crippen LogP) is 4.12. The monoisotopic (exact) mass is 322 g/mol. The zero-order valence-electron chi connectivity index (χ0n) is 12.8. The van der Waals surface area contributed by atoms with E-state index >= 15 is 0 Å². The van der Waals surface area contributed by atoms with E-state index in [0.717, 1.165) is 34.4 Å². The van der Waals surface area contributed by atoms with Gasteiger partial charge in [-0.1, -0.05) is 42.5 Å². The summed E-state index contributed by atoms with van der Waals surface area (Å²) >= 11 is 1.70. The molecule has 0 bridgehead atoms. The molecule has 0 fully saturated rings.